The first-order valence-electron chi connectivity index (χ1n) is 4.37. The summed E-state index contributed by atoms with van der Waals surface area (Å²) in [6, 6.07) is 0. The van der Waals surface area contributed by atoms with E-state index < -0.39 is 0 Å². The molecule has 1 rings (SSSR count). The molecule has 1 aliphatic rings. The standard InChI is InChI=1S/C9H17NO/c1-9(2)6-4-3-5-8(11)10-7-9/h3-7H2,1-2H3,(H,10,11). The van der Waals surface area contributed by atoms with E-state index in [9.17, 15) is 4.79 Å². The van der Waals surface area contributed by atoms with Gasteiger partial charge in [-0.1, -0.05) is 20.3 Å². The quantitative estimate of drug-likeness (QED) is 0.567. The number of carbonyl (C=O) groups excluding carboxylic acids is 1. The monoisotopic (exact) mass is 155 g/mol. The molecule has 0 aromatic rings. The van der Waals surface area contributed by atoms with Gasteiger partial charge in [0.2, 0.25) is 5.91 Å². The second kappa shape index (κ2) is 3.24. The lowest BCUT2D eigenvalue weighted by Crippen LogP contribution is -2.35. The zero-order valence-corrected chi connectivity index (χ0v) is 7.44. The van der Waals surface area contributed by atoms with Crippen molar-refractivity contribution < 1.29 is 4.79 Å². The number of nitrogens with one attached hydrogen (secondary N) is 1. The molecule has 0 radical (unpaired) electrons. The molecule has 0 unspecified atom stereocenters. The van der Waals surface area contributed by atoms with Gasteiger partial charge in [-0.25, -0.2) is 0 Å². The minimum absolute atomic E-state index is 0.220. The molecule has 0 aliphatic carbocycles. The minimum Gasteiger partial charge on any atom is -0.356 e. The first kappa shape index (κ1) is 8.57. The van der Waals surface area contributed by atoms with E-state index >= 15 is 0 Å². The summed E-state index contributed by atoms with van der Waals surface area (Å²) in [6.45, 7) is 5.25. The van der Waals surface area contributed by atoms with Gasteiger partial charge in [0.05, 0.1) is 0 Å². The largest absolute Gasteiger partial charge is 0.356 e. The molecule has 1 saturated heterocycles. The molecular formula is C9H17NO. The van der Waals surface area contributed by atoms with Crippen LogP contribution >= 0.6 is 0 Å². The lowest BCUT2D eigenvalue weighted by molar-refractivity contribution is -0.122. The van der Waals surface area contributed by atoms with Crippen LogP contribution in [0.2, 0.25) is 0 Å². The van der Waals surface area contributed by atoms with Gasteiger partial charge < -0.3 is 5.32 Å². The Labute approximate surface area is 68.4 Å². The summed E-state index contributed by atoms with van der Waals surface area (Å²) in [5, 5.41) is 2.94. The summed E-state index contributed by atoms with van der Waals surface area (Å²) in [4.78, 5) is 11.0. The van der Waals surface area contributed by atoms with Crippen LogP contribution in [0.5, 0.6) is 0 Å². The van der Waals surface area contributed by atoms with Crippen molar-refractivity contribution in [3.05, 3.63) is 0 Å². The number of carbonyl (C=O) groups is 1. The van der Waals surface area contributed by atoms with Crippen LogP contribution in [0.15, 0.2) is 0 Å². The Bertz CT molecular complexity index is 152. The summed E-state index contributed by atoms with van der Waals surface area (Å²) < 4.78 is 0. The molecule has 1 heterocycles. The third-order valence-corrected chi connectivity index (χ3v) is 2.27. The fourth-order valence-corrected chi connectivity index (χ4v) is 1.40. The number of amides is 1. The maximum atomic E-state index is 11.0. The predicted molar refractivity (Wildman–Crippen MR) is 45.3 cm³/mol. The molecule has 0 atom stereocenters. The highest BCUT2D eigenvalue weighted by atomic mass is 16.1. The zero-order valence-electron chi connectivity index (χ0n) is 7.44. The third kappa shape index (κ3) is 2.91. The lowest BCUT2D eigenvalue weighted by atomic mass is 9.85. The second-order valence-corrected chi connectivity index (χ2v) is 4.15. The number of rotatable bonds is 0. The van der Waals surface area contributed by atoms with Crippen LogP contribution in [0, 0.1) is 5.41 Å². The minimum atomic E-state index is 0.220. The topological polar surface area (TPSA) is 29.1 Å². The normalized spacial score (nSPS) is 25.1. The van der Waals surface area contributed by atoms with Gasteiger partial charge in [0.1, 0.15) is 0 Å². The van der Waals surface area contributed by atoms with Gasteiger partial charge in [0.25, 0.3) is 0 Å². The molecule has 64 valence electrons. The highest BCUT2D eigenvalue weighted by molar-refractivity contribution is 5.75. The second-order valence-electron chi connectivity index (χ2n) is 4.15. The number of hydrogen-bond donors (Lipinski definition) is 1. The molecule has 0 bridgehead atoms. The maximum Gasteiger partial charge on any atom is 0.220 e. The Kier molecular flexibility index (Phi) is 2.53. The molecule has 2 heteroatoms. The van der Waals surface area contributed by atoms with E-state index in [1.54, 1.807) is 0 Å². The SMILES string of the molecule is CC1(C)CCCCC(=O)NC1. The number of hydrogen-bond acceptors (Lipinski definition) is 1. The van der Waals surface area contributed by atoms with Gasteiger partial charge in [-0.05, 0) is 18.3 Å². The van der Waals surface area contributed by atoms with Crippen molar-refractivity contribution in [2.75, 3.05) is 6.54 Å². The Morgan fingerprint density at radius 3 is 2.82 bits per heavy atom. The van der Waals surface area contributed by atoms with Crippen molar-refractivity contribution in [2.45, 2.75) is 39.5 Å². The van der Waals surface area contributed by atoms with E-state index in [0.29, 0.717) is 5.41 Å². The van der Waals surface area contributed by atoms with Crippen molar-refractivity contribution in [3.63, 3.8) is 0 Å². The van der Waals surface area contributed by atoms with E-state index in [-0.39, 0.29) is 5.91 Å². The van der Waals surface area contributed by atoms with E-state index in [0.717, 1.165) is 19.4 Å². The van der Waals surface area contributed by atoms with Gasteiger partial charge in [0.15, 0.2) is 0 Å². The van der Waals surface area contributed by atoms with Crippen molar-refractivity contribution in [3.8, 4) is 0 Å². The predicted octanol–water partition coefficient (Wildman–Crippen LogP) is 1.70. The summed E-state index contributed by atoms with van der Waals surface area (Å²) in [6.07, 6.45) is 4.19. The average Bonchev–Trinajstić information content (AvgIpc) is 1.92. The van der Waals surface area contributed by atoms with Gasteiger partial charge in [-0.15, -0.1) is 0 Å². The van der Waals surface area contributed by atoms with Gasteiger partial charge in [-0.2, -0.15) is 0 Å². The lowest BCUT2D eigenvalue weighted by Gasteiger charge is -2.26. The van der Waals surface area contributed by atoms with Crippen molar-refractivity contribution in [1.82, 2.24) is 5.32 Å². The highest BCUT2D eigenvalue weighted by Crippen LogP contribution is 2.24. The van der Waals surface area contributed by atoms with Crippen LogP contribution in [-0.2, 0) is 4.79 Å². The van der Waals surface area contributed by atoms with E-state index in [1.165, 1.54) is 12.8 Å². The maximum absolute atomic E-state index is 11.0. The molecule has 0 saturated carbocycles. The van der Waals surface area contributed by atoms with Crippen LogP contribution in [-0.4, -0.2) is 12.5 Å². The third-order valence-electron chi connectivity index (χ3n) is 2.27. The van der Waals surface area contributed by atoms with Crippen LogP contribution in [0.3, 0.4) is 0 Å². The first-order chi connectivity index (χ1) is 5.10. The van der Waals surface area contributed by atoms with Crippen LogP contribution in [0.1, 0.15) is 39.5 Å². The van der Waals surface area contributed by atoms with E-state index in [4.69, 9.17) is 0 Å². The van der Waals surface area contributed by atoms with E-state index in [1.807, 2.05) is 0 Å². The molecule has 0 aromatic heterocycles. The summed E-state index contributed by atoms with van der Waals surface area (Å²) in [7, 11) is 0. The average molecular weight is 155 g/mol. The molecule has 0 spiro atoms. The summed E-state index contributed by atoms with van der Waals surface area (Å²) >= 11 is 0. The van der Waals surface area contributed by atoms with Crippen LogP contribution in [0.4, 0.5) is 0 Å². The fraction of sp³-hybridized carbons (Fsp3) is 0.889. The molecule has 0 aromatic carbocycles. The van der Waals surface area contributed by atoms with Crippen molar-refractivity contribution >= 4 is 5.91 Å². The first-order valence-corrected chi connectivity index (χ1v) is 4.37. The smallest absolute Gasteiger partial charge is 0.220 e. The Morgan fingerprint density at radius 2 is 2.09 bits per heavy atom. The molecule has 1 aliphatic heterocycles. The van der Waals surface area contributed by atoms with E-state index in [2.05, 4.69) is 19.2 Å². The van der Waals surface area contributed by atoms with Gasteiger partial charge >= 0.3 is 0 Å². The summed E-state index contributed by atoms with van der Waals surface area (Å²) in [5.74, 6) is 0.220. The fourth-order valence-electron chi connectivity index (χ4n) is 1.40. The van der Waals surface area contributed by atoms with Gasteiger partial charge in [-0.3, -0.25) is 4.79 Å². The summed E-state index contributed by atoms with van der Waals surface area (Å²) in [5.41, 5.74) is 0.302. The Morgan fingerprint density at radius 1 is 1.36 bits per heavy atom. The Hall–Kier alpha value is -0.530. The zero-order chi connectivity index (χ0) is 8.32. The van der Waals surface area contributed by atoms with Crippen LogP contribution in [0.25, 0.3) is 0 Å². The molecule has 11 heavy (non-hydrogen) atoms. The van der Waals surface area contributed by atoms with Crippen molar-refractivity contribution in [1.29, 1.82) is 0 Å². The Balaban J connectivity index is 2.44. The highest BCUT2D eigenvalue weighted by Gasteiger charge is 2.20. The molecule has 1 amide bonds. The molecule has 1 N–H and O–H groups in total. The molecule has 2 nitrogen and oxygen atoms in total. The van der Waals surface area contributed by atoms with Crippen molar-refractivity contribution in [2.24, 2.45) is 5.41 Å². The molecular weight excluding hydrogens is 138 g/mol. The van der Waals surface area contributed by atoms with Gasteiger partial charge in [0, 0.05) is 13.0 Å². The van der Waals surface area contributed by atoms with Crippen LogP contribution < -0.4 is 5.32 Å². The molecule has 1 fully saturated rings.